The zero-order valence-electron chi connectivity index (χ0n) is 12.9. The number of nitro benzene ring substituents is 1. The molecule has 116 valence electrons. The summed E-state index contributed by atoms with van der Waals surface area (Å²) in [7, 11) is 0. The van der Waals surface area contributed by atoms with Crippen molar-refractivity contribution in [3.05, 3.63) is 39.9 Å². The first-order chi connectivity index (χ1) is 9.94. The van der Waals surface area contributed by atoms with Gasteiger partial charge in [0.15, 0.2) is 0 Å². The van der Waals surface area contributed by atoms with Crippen molar-refractivity contribution in [3.63, 3.8) is 0 Å². The Kier molecular flexibility index (Phi) is 4.99. The van der Waals surface area contributed by atoms with Crippen molar-refractivity contribution in [1.82, 2.24) is 0 Å². The van der Waals surface area contributed by atoms with Gasteiger partial charge in [0.2, 0.25) is 0 Å². The Morgan fingerprint density at radius 3 is 2.48 bits per heavy atom. The molecular weight excluding hydrogens is 266 g/mol. The third-order valence-corrected chi connectivity index (χ3v) is 4.72. The topological polar surface area (TPSA) is 63.4 Å². The van der Waals surface area contributed by atoms with Gasteiger partial charge in [-0.25, -0.2) is 0 Å². The number of hydrogen-bond acceptors (Lipinski definition) is 3. The summed E-state index contributed by atoms with van der Waals surface area (Å²) in [6.45, 7) is 4.36. The van der Waals surface area contributed by atoms with Crippen LogP contribution in [0.15, 0.2) is 24.3 Å². The lowest BCUT2D eigenvalue weighted by molar-refractivity contribution is -0.385. The number of aliphatic hydroxyl groups excluding tert-OH is 1. The number of hydrogen-bond donors (Lipinski definition) is 1. The minimum Gasteiger partial charge on any atom is -0.392 e. The van der Waals surface area contributed by atoms with Crippen LogP contribution in [0.2, 0.25) is 0 Å². The molecule has 1 aliphatic rings. The molecular formula is C17H25NO3. The van der Waals surface area contributed by atoms with E-state index >= 15 is 0 Å². The Morgan fingerprint density at radius 1 is 1.29 bits per heavy atom. The number of para-hydroxylation sites is 1. The SMILES string of the molecule is CC(C)CC1(C(O)Cc2ccccc2[N+](=O)[O-])CCCC1. The van der Waals surface area contributed by atoms with Crippen molar-refractivity contribution in [1.29, 1.82) is 0 Å². The van der Waals surface area contributed by atoms with Crippen molar-refractivity contribution in [2.24, 2.45) is 11.3 Å². The van der Waals surface area contributed by atoms with E-state index in [-0.39, 0.29) is 16.0 Å². The molecule has 21 heavy (non-hydrogen) atoms. The summed E-state index contributed by atoms with van der Waals surface area (Å²) in [4.78, 5) is 10.8. The van der Waals surface area contributed by atoms with Crippen molar-refractivity contribution in [3.8, 4) is 0 Å². The van der Waals surface area contributed by atoms with Gasteiger partial charge < -0.3 is 5.11 Å². The molecule has 1 fully saturated rings. The molecule has 0 saturated heterocycles. The fourth-order valence-electron chi connectivity index (χ4n) is 3.85. The molecule has 0 bridgehead atoms. The van der Waals surface area contributed by atoms with Crippen molar-refractivity contribution < 1.29 is 10.0 Å². The minimum atomic E-state index is -0.497. The Hall–Kier alpha value is -1.42. The molecule has 0 amide bonds. The first-order valence-corrected chi connectivity index (χ1v) is 7.85. The lowest BCUT2D eigenvalue weighted by atomic mass is 9.72. The highest BCUT2D eigenvalue weighted by atomic mass is 16.6. The average Bonchev–Trinajstić information content (AvgIpc) is 2.88. The van der Waals surface area contributed by atoms with Gasteiger partial charge in [-0.15, -0.1) is 0 Å². The number of nitro groups is 1. The molecule has 1 atom stereocenters. The highest BCUT2D eigenvalue weighted by molar-refractivity contribution is 5.40. The maximum Gasteiger partial charge on any atom is 0.272 e. The first-order valence-electron chi connectivity index (χ1n) is 7.85. The summed E-state index contributed by atoms with van der Waals surface area (Å²) in [6, 6.07) is 6.76. The summed E-state index contributed by atoms with van der Waals surface area (Å²) in [5.74, 6) is 0.531. The van der Waals surface area contributed by atoms with E-state index in [4.69, 9.17) is 0 Å². The van der Waals surface area contributed by atoms with E-state index in [0.29, 0.717) is 17.9 Å². The van der Waals surface area contributed by atoms with Crippen LogP contribution >= 0.6 is 0 Å². The number of aliphatic hydroxyl groups is 1. The van der Waals surface area contributed by atoms with Gasteiger partial charge in [-0.1, -0.05) is 44.9 Å². The highest BCUT2D eigenvalue weighted by Crippen LogP contribution is 2.47. The highest BCUT2D eigenvalue weighted by Gasteiger charge is 2.41. The van der Waals surface area contributed by atoms with Gasteiger partial charge in [0.1, 0.15) is 0 Å². The molecule has 0 spiro atoms. The van der Waals surface area contributed by atoms with Gasteiger partial charge in [0.25, 0.3) is 5.69 Å². The molecule has 4 nitrogen and oxygen atoms in total. The molecule has 4 heteroatoms. The van der Waals surface area contributed by atoms with Gasteiger partial charge >= 0.3 is 0 Å². The van der Waals surface area contributed by atoms with Crippen LogP contribution in [0.4, 0.5) is 5.69 Å². The second-order valence-corrected chi connectivity index (χ2v) is 6.77. The van der Waals surface area contributed by atoms with Crippen LogP contribution in [-0.2, 0) is 6.42 Å². The molecule has 2 rings (SSSR count). The number of rotatable bonds is 6. The molecule has 0 aliphatic heterocycles. The molecule has 1 aliphatic carbocycles. The summed E-state index contributed by atoms with van der Waals surface area (Å²) in [5, 5.41) is 21.9. The molecule has 1 unspecified atom stereocenters. The number of benzene rings is 1. The van der Waals surface area contributed by atoms with Gasteiger partial charge in [0, 0.05) is 18.1 Å². The molecule has 1 aromatic rings. The number of nitrogens with zero attached hydrogens (tertiary/aromatic N) is 1. The molecule has 1 saturated carbocycles. The zero-order valence-corrected chi connectivity index (χ0v) is 12.9. The molecule has 1 aromatic carbocycles. The largest absolute Gasteiger partial charge is 0.392 e. The Balaban J connectivity index is 2.19. The Bertz CT molecular complexity index is 493. The molecule has 1 N–H and O–H groups in total. The second kappa shape index (κ2) is 6.56. The molecule has 0 radical (unpaired) electrons. The van der Waals surface area contributed by atoms with E-state index < -0.39 is 6.10 Å². The van der Waals surface area contributed by atoms with Gasteiger partial charge in [0.05, 0.1) is 11.0 Å². The fraction of sp³-hybridized carbons (Fsp3) is 0.647. The Morgan fingerprint density at radius 2 is 1.90 bits per heavy atom. The van der Waals surface area contributed by atoms with E-state index in [9.17, 15) is 15.2 Å². The second-order valence-electron chi connectivity index (χ2n) is 6.77. The van der Waals surface area contributed by atoms with Crippen molar-refractivity contribution >= 4 is 5.69 Å². The fourth-order valence-corrected chi connectivity index (χ4v) is 3.85. The first kappa shape index (κ1) is 16.0. The lowest BCUT2D eigenvalue weighted by Crippen LogP contribution is -2.35. The summed E-state index contributed by atoms with van der Waals surface area (Å²) >= 11 is 0. The van der Waals surface area contributed by atoms with Crippen molar-refractivity contribution in [2.75, 3.05) is 0 Å². The van der Waals surface area contributed by atoms with Gasteiger partial charge in [-0.05, 0) is 30.6 Å². The molecule has 0 aromatic heterocycles. The molecule has 0 heterocycles. The smallest absolute Gasteiger partial charge is 0.272 e. The summed E-state index contributed by atoms with van der Waals surface area (Å²) < 4.78 is 0. The van der Waals surface area contributed by atoms with Crippen LogP contribution < -0.4 is 0 Å². The summed E-state index contributed by atoms with van der Waals surface area (Å²) in [6.07, 6.45) is 5.25. The van der Waals surface area contributed by atoms with E-state index in [1.165, 1.54) is 6.07 Å². The maximum atomic E-state index is 11.1. The predicted molar refractivity (Wildman–Crippen MR) is 83.2 cm³/mol. The Labute approximate surface area is 126 Å². The third kappa shape index (κ3) is 3.62. The quantitative estimate of drug-likeness (QED) is 0.634. The van der Waals surface area contributed by atoms with E-state index in [1.807, 2.05) is 0 Å². The lowest BCUT2D eigenvalue weighted by Gasteiger charge is -2.36. The maximum absolute atomic E-state index is 11.1. The third-order valence-electron chi connectivity index (χ3n) is 4.72. The van der Waals surface area contributed by atoms with Crippen LogP contribution in [0.3, 0.4) is 0 Å². The van der Waals surface area contributed by atoms with Crippen LogP contribution in [-0.4, -0.2) is 16.1 Å². The van der Waals surface area contributed by atoms with Gasteiger partial charge in [-0.2, -0.15) is 0 Å². The zero-order chi connectivity index (χ0) is 15.5. The predicted octanol–water partition coefficient (Wildman–Crippen LogP) is 4.10. The van der Waals surface area contributed by atoms with Crippen LogP contribution in [0.25, 0.3) is 0 Å². The van der Waals surface area contributed by atoms with E-state index in [2.05, 4.69) is 13.8 Å². The van der Waals surface area contributed by atoms with Crippen LogP contribution in [0, 0.1) is 21.4 Å². The monoisotopic (exact) mass is 291 g/mol. The van der Waals surface area contributed by atoms with E-state index in [0.717, 1.165) is 32.1 Å². The summed E-state index contributed by atoms with van der Waals surface area (Å²) in [5.41, 5.74) is 0.706. The van der Waals surface area contributed by atoms with E-state index in [1.54, 1.807) is 18.2 Å². The normalized spacial score (nSPS) is 18.9. The standard InChI is InChI=1S/C17H25NO3/c1-13(2)12-17(9-5-6-10-17)16(19)11-14-7-3-4-8-15(14)18(20)21/h3-4,7-8,13,16,19H,5-6,9-12H2,1-2H3. The average molecular weight is 291 g/mol. The van der Waals surface area contributed by atoms with Crippen LogP contribution in [0.5, 0.6) is 0 Å². The van der Waals surface area contributed by atoms with Crippen LogP contribution in [0.1, 0.15) is 51.5 Å². The van der Waals surface area contributed by atoms with Crippen molar-refractivity contribution in [2.45, 2.75) is 58.5 Å². The minimum absolute atomic E-state index is 0.0577. The van der Waals surface area contributed by atoms with Gasteiger partial charge in [-0.3, -0.25) is 10.1 Å².